The predicted octanol–water partition coefficient (Wildman–Crippen LogP) is 1.65. The van der Waals surface area contributed by atoms with Crippen LogP contribution in [0.5, 0.6) is 0 Å². The molecule has 0 aliphatic heterocycles. The lowest BCUT2D eigenvalue weighted by Crippen LogP contribution is -2.43. The first kappa shape index (κ1) is 13.6. The second-order valence-electron chi connectivity index (χ2n) is 4.82. The molecular weight excluding hydrogens is 246 g/mol. The van der Waals surface area contributed by atoms with Crippen molar-refractivity contribution in [1.82, 2.24) is 10.1 Å². The molecule has 0 aromatic carbocycles. The Morgan fingerprint density at radius 3 is 2.84 bits per heavy atom. The summed E-state index contributed by atoms with van der Waals surface area (Å²) < 4.78 is 4.63. The first-order chi connectivity index (χ1) is 9.20. The molecule has 1 heterocycles. The lowest BCUT2D eigenvalue weighted by molar-refractivity contribution is -0.140. The van der Waals surface area contributed by atoms with E-state index in [0.717, 1.165) is 25.7 Å². The van der Waals surface area contributed by atoms with Crippen LogP contribution in [0.15, 0.2) is 16.9 Å². The van der Waals surface area contributed by atoms with Crippen LogP contribution in [0.3, 0.4) is 0 Å². The van der Waals surface area contributed by atoms with E-state index in [2.05, 4.69) is 15.0 Å². The van der Waals surface area contributed by atoms with Crippen molar-refractivity contribution >= 4 is 17.6 Å². The van der Waals surface area contributed by atoms with Crippen LogP contribution in [0.25, 0.3) is 0 Å². The van der Waals surface area contributed by atoms with E-state index in [9.17, 15) is 9.59 Å². The molecule has 0 radical (unpaired) electrons. The lowest BCUT2D eigenvalue weighted by atomic mass is 9.84. The maximum Gasteiger partial charge on any atom is 0.245 e. The van der Waals surface area contributed by atoms with Gasteiger partial charge in [0.1, 0.15) is 6.26 Å². The van der Waals surface area contributed by atoms with Gasteiger partial charge in [0.25, 0.3) is 0 Å². The fourth-order valence-corrected chi connectivity index (χ4v) is 2.08. The van der Waals surface area contributed by atoms with Gasteiger partial charge in [-0.15, -0.1) is 0 Å². The van der Waals surface area contributed by atoms with Crippen LogP contribution in [0.1, 0.15) is 32.6 Å². The van der Waals surface area contributed by atoms with Gasteiger partial charge in [-0.2, -0.15) is 0 Å². The molecule has 1 fully saturated rings. The quantitative estimate of drug-likeness (QED) is 0.848. The van der Waals surface area contributed by atoms with Crippen molar-refractivity contribution < 1.29 is 14.1 Å². The number of hydrogen-bond donors (Lipinski definition) is 1. The van der Waals surface area contributed by atoms with Crippen LogP contribution >= 0.6 is 0 Å². The highest BCUT2D eigenvalue weighted by Gasteiger charge is 2.29. The maximum absolute atomic E-state index is 12.2. The molecule has 0 atom stereocenters. The highest BCUT2D eigenvalue weighted by Crippen LogP contribution is 2.28. The Kier molecular flexibility index (Phi) is 4.54. The minimum Gasteiger partial charge on any atom is -0.363 e. The van der Waals surface area contributed by atoms with E-state index < -0.39 is 0 Å². The number of anilines is 1. The summed E-state index contributed by atoms with van der Waals surface area (Å²) in [7, 11) is 0. The van der Waals surface area contributed by atoms with Crippen molar-refractivity contribution in [2.24, 2.45) is 5.92 Å². The van der Waals surface area contributed by atoms with Crippen molar-refractivity contribution in [1.29, 1.82) is 0 Å². The van der Waals surface area contributed by atoms with Crippen LogP contribution in [-0.2, 0) is 9.59 Å². The summed E-state index contributed by atoms with van der Waals surface area (Å²) in [6.07, 6.45) is 5.24. The number of rotatable bonds is 6. The summed E-state index contributed by atoms with van der Waals surface area (Å²) in [6.45, 7) is 2.69. The Morgan fingerprint density at radius 1 is 1.53 bits per heavy atom. The highest BCUT2D eigenvalue weighted by atomic mass is 16.5. The molecule has 0 saturated heterocycles. The fraction of sp³-hybridized carbons (Fsp3) is 0.615. The number of nitrogens with zero attached hydrogens (tertiary/aromatic N) is 2. The molecule has 2 rings (SSSR count). The van der Waals surface area contributed by atoms with E-state index >= 15 is 0 Å². The van der Waals surface area contributed by atoms with Crippen molar-refractivity contribution in [3.63, 3.8) is 0 Å². The Morgan fingerprint density at radius 2 is 2.32 bits per heavy atom. The van der Waals surface area contributed by atoms with Crippen molar-refractivity contribution in [2.75, 3.05) is 18.4 Å². The van der Waals surface area contributed by atoms with E-state index in [4.69, 9.17) is 0 Å². The minimum absolute atomic E-state index is 0.0794. The van der Waals surface area contributed by atoms with Crippen LogP contribution in [-0.4, -0.2) is 35.0 Å². The molecule has 104 valence electrons. The van der Waals surface area contributed by atoms with Gasteiger partial charge >= 0.3 is 0 Å². The van der Waals surface area contributed by atoms with Crippen LogP contribution in [0.2, 0.25) is 0 Å². The van der Waals surface area contributed by atoms with Crippen LogP contribution < -0.4 is 5.32 Å². The normalized spacial score (nSPS) is 14.8. The second-order valence-corrected chi connectivity index (χ2v) is 4.82. The third-order valence-electron chi connectivity index (χ3n) is 3.30. The first-order valence-corrected chi connectivity index (χ1v) is 6.69. The second kappa shape index (κ2) is 6.36. The third kappa shape index (κ3) is 3.56. The lowest BCUT2D eigenvalue weighted by Gasteiger charge is -2.31. The summed E-state index contributed by atoms with van der Waals surface area (Å²) in [4.78, 5) is 25.6. The van der Waals surface area contributed by atoms with Crippen LogP contribution in [0, 0.1) is 5.92 Å². The molecule has 1 saturated carbocycles. The average Bonchev–Trinajstić information content (AvgIpc) is 2.78. The highest BCUT2D eigenvalue weighted by molar-refractivity contribution is 5.94. The van der Waals surface area contributed by atoms with Crippen LogP contribution in [0.4, 0.5) is 5.82 Å². The number of nitrogens with one attached hydrogen (secondary N) is 1. The van der Waals surface area contributed by atoms with Gasteiger partial charge in [0.2, 0.25) is 11.8 Å². The SMILES string of the molecule is CCCN(CC(=O)Nc1ccon1)C(=O)C1CCC1. The zero-order valence-corrected chi connectivity index (χ0v) is 11.1. The van der Waals surface area contributed by atoms with E-state index in [1.54, 1.807) is 11.0 Å². The smallest absolute Gasteiger partial charge is 0.245 e. The van der Waals surface area contributed by atoms with Gasteiger partial charge in [-0.3, -0.25) is 9.59 Å². The van der Waals surface area contributed by atoms with Crippen molar-refractivity contribution in [2.45, 2.75) is 32.6 Å². The number of carbonyl (C=O) groups is 2. The van der Waals surface area contributed by atoms with Gasteiger partial charge in [0.05, 0.1) is 6.54 Å². The standard InChI is InChI=1S/C13H19N3O3/c1-2-7-16(13(18)10-4-3-5-10)9-12(17)14-11-6-8-19-15-11/h6,8,10H,2-5,7,9H2,1H3,(H,14,15,17). The summed E-state index contributed by atoms with van der Waals surface area (Å²) in [5.74, 6) is 0.349. The van der Waals surface area contributed by atoms with Gasteiger partial charge < -0.3 is 14.7 Å². The molecule has 6 heteroatoms. The molecular formula is C13H19N3O3. The van der Waals surface area contributed by atoms with E-state index in [1.807, 2.05) is 6.92 Å². The number of carbonyl (C=O) groups excluding carboxylic acids is 2. The van der Waals surface area contributed by atoms with Gasteiger partial charge in [0.15, 0.2) is 5.82 Å². The Hall–Kier alpha value is -1.85. The monoisotopic (exact) mass is 265 g/mol. The zero-order chi connectivity index (χ0) is 13.7. The van der Waals surface area contributed by atoms with Gasteiger partial charge in [0, 0.05) is 18.5 Å². The zero-order valence-electron chi connectivity index (χ0n) is 11.1. The molecule has 0 bridgehead atoms. The molecule has 1 aliphatic rings. The maximum atomic E-state index is 12.2. The third-order valence-corrected chi connectivity index (χ3v) is 3.30. The Labute approximate surface area is 112 Å². The topological polar surface area (TPSA) is 75.4 Å². The molecule has 1 N–H and O–H groups in total. The fourth-order valence-electron chi connectivity index (χ4n) is 2.08. The Balaban J connectivity index is 1.88. The van der Waals surface area contributed by atoms with E-state index in [0.29, 0.717) is 12.4 Å². The largest absolute Gasteiger partial charge is 0.363 e. The number of amides is 2. The molecule has 0 spiro atoms. The molecule has 6 nitrogen and oxygen atoms in total. The van der Waals surface area contributed by atoms with Crippen molar-refractivity contribution in [3.05, 3.63) is 12.3 Å². The van der Waals surface area contributed by atoms with Gasteiger partial charge in [-0.1, -0.05) is 18.5 Å². The summed E-state index contributed by atoms with van der Waals surface area (Å²) >= 11 is 0. The summed E-state index contributed by atoms with van der Waals surface area (Å²) in [6, 6.07) is 1.57. The number of hydrogen-bond acceptors (Lipinski definition) is 4. The molecule has 1 aliphatic carbocycles. The average molecular weight is 265 g/mol. The van der Waals surface area contributed by atoms with E-state index in [1.165, 1.54) is 6.26 Å². The van der Waals surface area contributed by atoms with Gasteiger partial charge in [-0.25, -0.2) is 0 Å². The first-order valence-electron chi connectivity index (χ1n) is 6.69. The Bertz CT molecular complexity index is 426. The summed E-state index contributed by atoms with van der Waals surface area (Å²) in [5, 5.41) is 6.21. The minimum atomic E-state index is -0.241. The molecule has 19 heavy (non-hydrogen) atoms. The van der Waals surface area contributed by atoms with Crippen molar-refractivity contribution in [3.8, 4) is 0 Å². The number of aromatic nitrogens is 1. The molecule has 1 aromatic rings. The molecule has 1 aromatic heterocycles. The predicted molar refractivity (Wildman–Crippen MR) is 69.3 cm³/mol. The molecule has 0 unspecified atom stereocenters. The molecule has 2 amide bonds. The van der Waals surface area contributed by atoms with E-state index in [-0.39, 0.29) is 24.3 Å². The summed E-state index contributed by atoms with van der Waals surface area (Å²) in [5.41, 5.74) is 0. The van der Waals surface area contributed by atoms with Gasteiger partial charge in [-0.05, 0) is 19.3 Å².